The molecule has 1 aliphatic heterocycles. The van der Waals surface area contributed by atoms with E-state index >= 15 is 0 Å². The Hall–Kier alpha value is -0.950. The zero-order chi connectivity index (χ0) is 16.2. The van der Waals surface area contributed by atoms with Crippen LogP contribution in [0.25, 0.3) is 0 Å². The van der Waals surface area contributed by atoms with Crippen LogP contribution in [-0.4, -0.2) is 37.4 Å². The first kappa shape index (κ1) is 23.1. The van der Waals surface area contributed by atoms with E-state index in [2.05, 4.69) is 21.5 Å². The molecule has 1 aromatic carbocycles. The first-order chi connectivity index (χ1) is 10.4. The summed E-state index contributed by atoms with van der Waals surface area (Å²) in [6.45, 7) is 9.04. The van der Waals surface area contributed by atoms with Crippen LogP contribution in [0.15, 0.2) is 36.4 Å². The predicted octanol–water partition coefficient (Wildman–Crippen LogP) is 4.34. The predicted molar refractivity (Wildman–Crippen MR) is 94.2 cm³/mol. The van der Waals surface area contributed by atoms with Crippen molar-refractivity contribution in [3.05, 3.63) is 42.0 Å². The number of nitrogens with one attached hydrogen (secondary N) is 1. The number of piperazine rings is 1. The molecule has 0 spiro atoms. The molecule has 1 aliphatic rings. The smallest absolute Gasteiger partial charge is 0.405 e. The summed E-state index contributed by atoms with van der Waals surface area (Å²) in [5, 5.41) is 3.25. The van der Waals surface area contributed by atoms with E-state index < -0.39 is 6.36 Å². The molecule has 0 unspecified atom stereocenters. The number of hydrogen-bond donors (Lipinski definition) is 1. The number of rotatable bonds is 5. The third kappa shape index (κ3) is 6.89. The van der Waals surface area contributed by atoms with E-state index in [0.717, 1.165) is 31.8 Å². The number of para-hydroxylation sites is 1. The van der Waals surface area contributed by atoms with Crippen molar-refractivity contribution in [1.29, 1.82) is 0 Å². The standard InChI is InChI=1S/C16H21F3N2O.2ClH/c1-12(2)11-14(21-9-7-20-8-10-21)13-5-3-4-6-15(13)22-16(17,18)19;;/h3-6,14,20H,1,7-11H2,2H3;2*1H/t14-;;/m0../s1. The van der Waals surface area contributed by atoms with Gasteiger partial charge in [0.15, 0.2) is 0 Å². The van der Waals surface area contributed by atoms with Crippen LogP contribution in [0.4, 0.5) is 13.2 Å². The molecule has 1 heterocycles. The molecule has 0 bridgehead atoms. The number of hydrogen-bond acceptors (Lipinski definition) is 3. The lowest BCUT2D eigenvalue weighted by atomic mass is 9.97. The molecule has 3 nitrogen and oxygen atoms in total. The SMILES string of the molecule is C=C(C)C[C@@H](c1ccccc1OC(F)(F)F)N1CCNCC1.Cl.Cl. The fourth-order valence-corrected chi connectivity index (χ4v) is 2.73. The lowest BCUT2D eigenvalue weighted by molar-refractivity contribution is -0.275. The molecular weight excluding hydrogens is 364 g/mol. The van der Waals surface area contributed by atoms with Crippen LogP contribution in [0.1, 0.15) is 24.9 Å². The van der Waals surface area contributed by atoms with Gasteiger partial charge in [0, 0.05) is 37.8 Å². The minimum Gasteiger partial charge on any atom is -0.405 e. The Morgan fingerprint density at radius 2 is 1.83 bits per heavy atom. The summed E-state index contributed by atoms with van der Waals surface area (Å²) < 4.78 is 42.1. The lowest BCUT2D eigenvalue weighted by Gasteiger charge is -2.36. The van der Waals surface area contributed by atoms with Gasteiger partial charge in [0.05, 0.1) is 0 Å². The van der Waals surface area contributed by atoms with Crippen molar-refractivity contribution in [1.82, 2.24) is 10.2 Å². The second kappa shape index (κ2) is 10.1. The minimum absolute atomic E-state index is 0. The fraction of sp³-hybridized carbons (Fsp3) is 0.500. The zero-order valence-electron chi connectivity index (χ0n) is 13.4. The number of benzene rings is 1. The number of alkyl halides is 3. The van der Waals surface area contributed by atoms with Crippen molar-refractivity contribution < 1.29 is 17.9 Å². The summed E-state index contributed by atoms with van der Waals surface area (Å²) in [6.07, 6.45) is -4.08. The van der Waals surface area contributed by atoms with E-state index in [1.54, 1.807) is 18.2 Å². The maximum Gasteiger partial charge on any atom is 0.573 e. The van der Waals surface area contributed by atoms with E-state index in [0.29, 0.717) is 12.0 Å². The Morgan fingerprint density at radius 1 is 1.25 bits per heavy atom. The largest absolute Gasteiger partial charge is 0.573 e. The highest BCUT2D eigenvalue weighted by Crippen LogP contribution is 2.36. The van der Waals surface area contributed by atoms with E-state index in [4.69, 9.17) is 0 Å². The van der Waals surface area contributed by atoms with Crippen molar-refractivity contribution >= 4 is 24.8 Å². The van der Waals surface area contributed by atoms with Gasteiger partial charge in [-0.25, -0.2) is 0 Å². The molecule has 138 valence electrons. The average molecular weight is 387 g/mol. The number of halogens is 5. The van der Waals surface area contributed by atoms with Crippen LogP contribution < -0.4 is 10.1 Å². The number of ether oxygens (including phenoxy) is 1. The third-order valence-electron chi connectivity index (χ3n) is 3.64. The molecule has 1 N–H and O–H groups in total. The third-order valence-corrected chi connectivity index (χ3v) is 3.64. The van der Waals surface area contributed by atoms with Gasteiger partial charge in [0.25, 0.3) is 0 Å². The molecule has 0 radical (unpaired) electrons. The first-order valence-corrected chi connectivity index (χ1v) is 7.30. The van der Waals surface area contributed by atoms with Crippen molar-refractivity contribution in [3.8, 4) is 5.75 Å². The van der Waals surface area contributed by atoms with Gasteiger partial charge in [-0.05, 0) is 19.4 Å². The van der Waals surface area contributed by atoms with Crippen LogP contribution in [0.2, 0.25) is 0 Å². The van der Waals surface area contributed by atoms with Gasteiger partial charge in [-0.15, -0.1) is 44.6 Å². The summed E-state index contributed by atoms with van der Waals surface area (Å²) in [7, 11) is 0. The Morgan fingerprint density at radius 3 is 2.38 bits per heavy atom. The number of nitrogens with zero attached hydrogens (tertiary/aromatic N) is 1. The summed E-state index contributed by atoms with van der Waals surface area (Å²) in [5.74, 6) is -0.125. The Labute approximate surface area is 153 Å². The second-order valence-corrected chi connectivity index (χ2v) is 5.55. The summed E-state index contributed by atoms with van der Waals surface area (Å²) >= 11 is 0. The molecule has 0 amide bonds. The first-order valence-electron chi connectivity index (χ1n) is 7.30. The van der Waals surface area contributed by atoms with Gasteiger partial charge >= 0.3 is 6.36 Å². The van der Waals surface area contributed by atoms with Gasteiger partial charge in [-0.3, -0.25) is 4.90 Å². The monoisotopic (exact) mass is 386 g/mol. The highest BCUT2D eigenvalue weighted by molar-refractivity contribution is 5.85. The van der Waals surface area contributed by atoms with Crippen molar-refractivity contribution in [3.63, 3.8) is 0 Å². The van der Waals surface area contributed by atoms with Gasteiger partial charge in [0.1, 0.15) is 5.75 Å². The average Bonchev–Trinajstić information content (AvgIpc) is 2.45. The van der Waals surface area contributed by atoms with Crippen molar-refractivity contribution in [2.24, 2.45) is 0 Å². The second-order valence-electron chi connectivity index (χ2n) is 5.55. The van der Waals surface area contributed by atoms with E-state index in [-0.39, 0.29) is 36.6 Å². The van der Waals surface area contributed by atoms with Gasteiger partial charge < -0.3 is 10.1 Å². The fourth-order valence-electron chi connectivity index (χ4n) is 2.73. The molecule has 1 fully saturated rings. The highest BCUT2D eigenvalue weighted by Gasteiger charge is 2.34. The van der Waals surface area contributed by atoms with Crippen LogP contribution in [0.3, 0.4) is 0 Å². The molecule has 0 aliphatic carbocycles. The molecule has 0 saturated carbocycles. The van der Waals surface area contributed by atoms with Crippen LogP contribution in [-0.2, 0) is 0 Å². The molecule has 2 rings (SSSR count). The Balaban J connectivity index is 0.00000264. The molecule has 0 aromatic heterocycles. The lowest BCUT2D eigenvalue weighted by Crippen LogP contribution is -2.45. The Bertz CT molecular complexity index is 520. The molecule has 1 saturated heterocycles. The minimum atomic E-state index is -4.69. The van der Waals surface area contributed by atoms with E-state index in [9.17, 15) is 13.2 Å². The molecule has 1 atom stereocenters. The summed E-state index contributed by atoms with van der Waals surface area (Å²) in [4.78, 5) is 2.18. The van der Waals surface area contributed by atoms with Gasteiger partial charge in [0.2, 0.25) is 0 Å². The quantitative estimate of drug-likeness (QED) is 0.761. The molecular formula is C16H23Cl2F3N2O. The van der Waals surface area contributed by atoms with Crippen molar-refractivity contribution in [2.75, 3.05) is 26.2 Å². The maximum atomic E-state index is 12.6. The highest BCUT2D eigenvalue weighted by atomic mass is 35.5. The normalized spacial score (nSPS) is 16.5. The Kier molecular flexibility index (Phi) is 9.73. The van der Waals surface area contributed by atoms with Gasteiger partial charge in [-0.1, -0.05) is 23.8 Å². The van der Waals surface area contributed by atoms with Crippen LogP contribution in [0.5, 0.6) is 5.75 Å². The summed E-state index contributed by atoms with van der Waals surface area (Å²) in [6, 6.07) is 6.22. The summed E-state index contributed by atoms with van der Waals surface area (Å²) in [5.41, 5.74) is 1.50. The van der Waals surface area contributed by atoms with Gasteiger partial charge in [-0.2, -0.15) is 0 Å². The molecule has 24 heavy (non-hydrogen) atoms. The van der Waals surface area contributed by atoms with E-state index in [1.165, 1.54) is 6.07 Å². The molecule has 1 aromatic rings. The van der Waals surface area contributed by atoms with Crippen LogP contribution in [0, 0.1) is 0 Å². The topological polar surface area (TPSA) is 24.5 Å². The molecule has 8 heteroatoms. The zero-order valence-corrected chi connectivity index (χ0v) is 15.1. The maximum absolute atomic E-state index is 12.6. The van der Waals surface area contributed by atoms with E-state index in [1.807, 2.05) is 6.92 Å². The van der Waals surface area contributed by atoms with Crippen LogP contribution >= 0.6 is 24.8 Å². The van der Waals surface area contributed by atoms with Crippen molar-refractivity contribution in [2.45, 2.75) is 25.7 Å².